The van der Waals surface area contributed by atoms with Crippen LogP contribution in [0.2, 0.25) is 0 Å². The average molecular weight is 379 g/mol. The van der Waals surface area contributed by atoms with Gasteiger partial charge in [-0.25, -0.2) is 4.98 Å². The molecular weight excluding hydrogens is 346 g/mol. The molecule has 0 spiro atoms. The molecule has 3 rings (SSSR count). The number of aryl methyl sites for hydroxylation is 1. The van der Waals surface area contributed by atoms with Gasteiger partial charge in [0.1, 0.15) is 23.9 Å². The minimum atomic E-state index is -0.00867. The Kier molecular flexibility index (Phi) is 6.30. The molecule has 4 nitrogen and oxygen atoms in total. The second-order valence-electron chi connectivity index (χ2n) is 8.50. The first-order valence-electron chi connectivity index (χ1n) is 10.3. The number of aromatic nitrogens is 2. The maximum atomic E-state index is 12.5. The summed E-state index contributed by atoms with van der Waals surface area (Å²) in [5.41, 5.74) is 5.17. The van der Waals surface area contributed by atoms with Gasteiger partial charge in [-0.05, 0) is 37.0 Å². The summed E-state index contributed by atoms with van der Waals surface area (Å²) in [5.74, 6) is 1.15. The summed E-state index contributed by atoms with van der Waals surface area (Å²) in [6.45, 7) is 11.6. The molecule has 3 aromatic rings. The summed E-state index contributed by atoms with van der Waals surface area (Å²) in [6, 6.07) is 16.8. The molecular formula is C24H32N3O+. The van der Waals surface area contributed by atoms with E-state index in [2.05, 4.69) is 57.3 Å². The first-order valence-corrected chi connectivity index (χ1v) is 10.3. The van der Waals surface area contributed by atoms with Gasteiger partial charge < -0.3 is 5.32 Å². The Labute approximate surface area is 167 Å². The third-order valence-electron chi connectivity index (χ3n) is 5.24. The summed E-state index contributed by atoms with van der Waals surface area (Å²) >= 11 is 0. The largest absolute Gasteiger partial charge is 0.335 e. The van der Waals surface area contributed by atoms with Crippen molar-refractivity contribution in [3.8, 4) is 0 Å². The highest BCUT2D eigenvalue weighted by atomic mass is 16.1. The van der Waals surface area contributed by atoms with Gasteiger partial charge in [-0.15, -0.1) is 0 Å². The molecule has 0 saturated heterocycles. The number of fused-ring (bicyclic) bond motifs is 1. The maximum absolute atomic E-state index is 12.5. The molecule has 0 radical (unpaired) electrons. The fraction of sp³-hybridized carbons (Fsp3) is 0.417. The SMILES string of the molecule is Cc1cccc2nc(C[NH2+][C@H](c3ccc(CC(C)C)cc3)C(C)C)cc(=O)n12. The van der Waals surface area contributed by atoms with E-state index in [9.17, 15) is 4.79 Å². The number of hydrogen-bond donors (Lipinski definition) is 1. The lowest BCUT2D eigenvalue weighted by Crippen LogP contribution is -2.84. The maximum Gasteiger partial charge on any atom is 0.258 e. The minimum absolute atomic E-state index is 0.00867. The van der Waals surface area contributed by atoms with Crippen molar-refractivity contribution in [1.29, 1.82) is 0 Å². The first kappa shape index (κ1) is 20.3. The number of hydrogen-bond acceptors (Lipinski definition) is 2. The van der Waals surface area contributed by atoms with Crippen molar-refractivity contribution in [2.24, 2.45) is 11.8 Å². The normalized spacial score (nSPS) is 12.8. The second-order valence-corrected chi connectivity index (χ2v) is 8.50. The van der Waals surface area contributed by atoms with Crippen LogP contribution in [0.5, 0.6) is 0 Å². The highest BCUT2D eigenvalue weighted by molar-refractivity contribution is 5.40. The summed E-state index contributed by atoms with van der Waals surface area (Å²) in [6.07, 6.45) is 1.11. The van der Waals surface area contributed by atoms with Crippen molar-refractivity contribution in [2.75, 3.05) is 0 Å². The Morgan fingerprint density at radius 2 is 1.75 bits per heavy atom. The zero-order valence-corrected chi connectivity index (χ0v) is 17.6. The lowest BCUT2D eigenvalue weighted by atomic mass is 9.93. The molecule has 0 aliphatic carbocycles. The minimum Gasteiger partial charge on any atom is -0.335 e. The number of quaternary nitrogens is 1. The Morgan fingerprint density at radius 3 is 2.39 bits per heavy atom. The molecule has 148 valence electrons. The van der Waals surface area contributed by atoms with Crippen LogP contribution in [-0.4, -0.2) is 9.38 Å². The van der Waals surface area contributed by atoms with E-state index < -0.39 is 0 Å². The Bertz CT molecular complexity index is 987. The van der Waals surface area contributed by atoms with E-state index in [4.69, 9.17) is 4.98 Å². The molecule has 0 aliphatic heterocycles. The van der Waals surface area contributed by atoms with E-state index in [1.165, 1.54) is 11.1 Å². The molecule has 1 atom stereocenters. The molecule has 0 unspecified atom stereocenters. The monoisotopic (exact) mass is 378 g/mol. The van der Waals surface area contributed by atoms with E-state index >= 15 is 0 Å². The van der Waals surface area contributed by atoms with Gasteiger partial charge >= 0.3 is 0 Å². The van der Waals surface area contributed by atoms with Crippen LogP contribution in [0, 0.1) is 18.8 Å². The van der Waals surface area contributed by atoms with Crippen molar-refractivity contribution in [2.45, 2.75) is 53.6 Å². The summed E-state index contributed by atoms with van der Waals surface area (Å²) in [7, 11) is 0. The molecule has 4 heteroatoms. The quantitative estimate of drug-likeness (QED) is 0.682. The van der Waals surface area contributed by atoms with Crippen molar-refractivity contribution in [3.63, 3.8) is 0 Å². The topological polar surface area (TPSA) is 51.0 Å². The number of nitrogens with two attached hydrogens (primary N) is 1. The van der Waals surface area contributed by atoms with Gasteiger partial charge in [0.15, 0.2) is 0 Å². The van der Waals surface area contributed by atoms with Crippen LogP contribution < -0.4 is 10.9 Å². The Hall–Kier alpha value is -2.46. The van der Waals surface area contributed by atoms with Gasteiger partial charge in [0.05, 0.1) is 0 Å². The third-order valence-corrected chi connectivity index (χ3v) is 5.24. The zero-order chi connectivity index (χ0) is 20.3. The fourth-order valence-electron chi connectivity index (χ4n) is 3.86. The van der Waals surface area contributed by atoms with Crippen molar-refractivity contribution >= 4 is 5.65 Å². The lowest BCUT2D eigenvalue weighted by Gasteiger charge is -2.20. The third kappa shape index (κ3) is 4.68. The number of pyridine rings is 1. The Balaban J connectivity index is 1.79. The highest BCUT2D eigenvalue weighted by Gasteiger charge is 2.20. The van der Waals surface area contributed by atoms with Crippen LogP contribution in [0.4, 0.5) is 0 Å². The number of nitrogens with zero attached hydrogens (tertiary/aromatic N) is 2. The predicted molar refractivity (Wildman–Crippen MR) is 114 cm³/mol. The molecule has 2 aromatic heterocycles. The van der Waals surface area contributed by atoms with Crippen molar-refractivity contribution < 1.29 is 5.32 Å². The van der Waals surface area contributed by atoms with Crippen molar-refractivity contribution in [1.82, 2.24) is 9.38 Å². The van der Waals surface area contributed by atoms with Crippen molar-refractivity contribution in [3.05, 3.63) is 81.4 Å². The molecule has 0 fully saturated rings. The summed E-state index contributed by atoms with van der Waals surface area (Å²) in [4.78, 5) is 17.2. The van der Waals surface area contributed by atoms with Crippen LogP contribution in [0.15, 0.2) is 53.3 Å². The van der Waals surface area contributed by atoms with Gasteiger partial charge in [0.2, 0.25) is 0 Å². The molecule has 0 amide bonds. The van der Waals surface area contributed by atoms with E-state index in [0.29, 0.717) is 24.4 Å². The van der Waals surface area contributed by atoms with E-state index in [1.807, 2.05) is 25.1 Å². The van der Waals surface area contributed by atoms with E-state index in [0.717, 1.165) is 23.5 Å². The van der Waals surface area contributed by atoms with Crippen LogP contribution in [0.1, 0.15) is 56.3 Å². The zero-order valence-electron chi connectivity index (χ0n) is 17.6. The first-order chi connectivity index (χ1) is 13.3. The van der Waals surface area contributed by atoms with Gasteiger partial charge in [0.25, 0.3) is 5.56 Å². The molecule has 0 aliphatic rings. The van der Waals surface area contributed by atoms with Gasteiger partial charge in [-0.1, -0.05) is 58.0 Å². The Morgan fingerprint density at radius 1 is 1.04 bits per heavy atom. The van der Waals surface area contributed by atoms with E-state index in [-0.39, 0.29) is 5.56 Å². The predicted octanol–water partition coefficient (Wildman–Crippen LogP) is 3.66. The molecule has 2 heterocycles. The summed E-state index contributed by atoms with van der Waals surface area (Å²) < 4.78 is 1.66. The molecule has 1 aromatic carbocycles. The molecule has 28 heavy (non-hydrogen) atoms. The van der Waals surface area contributed by atoms with Crippen LogP contribution >= 0.6 is 0 Å². The molecule has 2 N–H and O–H groups in total. The standard InChI is InChI=1S/C24H31N3O/c1-16(2)13-19-9-11-20(12-10-19)24(17(3)4)25-15-21-14-23(28)27-18(5)7-6-8-22(27)26-21/h6-12,14,16-17,24-25H,13,15H2,1-5H3/p+1/t24-/m0/s1. The van der Waals surface area contributed by atoms with Crippen LogP contribution in [-0.2, 0) is 13.0 Å². The van der Waals surface area contributed by atoms with E-state index in [1.54, 1.807) is 10.5 Å². The van der Waals surface area contributed by atoms with Gasteiger partial charge in [-0.3, -0.25) is 9.20 Å². The smallest absolute Gasteiger partial charge is 0.258 e. The average Bonchev–Trinajstić information content (AvgIpc) is 2.62. The fourth-order valence-corrected chi connectivity index (χ4v) is 3.86. The number of rotatable bonds is 7. The lowest BCUT2D eigenvalue weighted by molar-refractivity contribution is -0.717. The highest BCUT2D eigenvalue weighted by Crippen LogP contribution is 2.19. The van der Waals surface area contributed by atoms with Crippen LogP contribution in [0.3, 0.4) is 0 Å². The van der Waals surface area contributed by atoms with Gasteiger partial charge in [0, 0.05) is 23.2 Å². The molecule has 0 bridgehead atoms. The molecule has 0 saturated carbocycles. The summed E-state index contributed by atoms with van der Waals surface area (Å²) in [5, 5.41) is 2.30. The van der Waals surface area contributed by atoms with Gasteiger partial charge in [-0.2, -0.15) is 0 Å². The second kappa shape index (κ2) is 8.70. The van der Waals surface area contributed by atoms with Crippen LogP contribution in [0.25, 0.3) is 5.65 Å². The number of benzene rings is 1.